The molecule has 14 heavy (non-hydrogen) atoms. The van der Waals surface area contributed by atoms with Crippen molar-refractivity contribution in [1.29, 1.82) is 0 Å². The first-order valence-electron chi connectivity index (χ1n) is 5.17. The normalized spacial score (nSPS) is 23.1. The molecule has 0 spiro atoms. The molecule has 2 nitrogen and oxygen atoms in total. The van der Waals surface area contributed by atoms with E-state index >= 15 is 0 Å². The molecule has 1 aliphatic heterocycles. The van der Waals surface area contributed by atoms with E-state index in [2.05, 4.69) is 38.0 Å². The van der Waals surface area contributed by atoms with E-state index in [4.69, 9.17) is 4.74 Å². The van der Waals surface area contributed by atoms with Crippen LogP contribution in [0.4, 0.5) is 0 Å². The van der Waals surface area contributed by atoms with Gasteiger partial charge in [-0.1, -0.05) is 12.2 Å². The second kappa shape index (κ2) is 5.19. The molecule has 82 valence electrons. The predicted molar refractivity (Wildman–Crippen MR) is 64.1 cm³/mol. The van der Waals surface area contributed by atoms with Gasteiger partial charge in [0, 0.05) is 32.0 Å². The van der Waals surface area contributed by atoms with Crippen LogP contribution in [0.2, 0.25) is 0 Å². The van der Waals surface area contributed by atoms with Gasteiger partial charge in [-0.3, -0.25) is 4.90 Å². The van der Waals surface area contributed by atoms with Gasteiger partial charge in [0.05, 0.1) is 5.60 Å². The molecule has 0 unspecified atom stereocenters. The van der Waals surface area contributed by atoms with E-state index in [9.17, 15) is 0 Å². The highest BCUT2D eigenvalue weighted by Gasteiger charge is 2.25. The monoisotopic (exact) mass is 215 g/mol. The van der Waals surface area contributed by atoms with Gasteiger partial charge in [0.2, 0.25) is 0 Å². The van der Waals surface area contributed by atoms with Crippen molar-refractivity contribution in [3.63, 3.8) is 0 Å². The van der Waals surface area contributed by atoms with Crippen molar-refractivity contribution in [2.75, 3.05) is 32.0 Å². The molecule has 0 N–H and O–H groups in total. The van der Waals surface area contributed by atoms with Crippen LogP contribution in [0.15, 0.2) is 12.2 Å². The summed E-state index contributed by atoms with van der Waals surface area (Å²) in [5.74, 6) is 0.776. The smallest absolute Gasteiger partial charge is 0.0752 e. The van der Waals surface area contributed by atoms with Crippen LogP contribution in [0.25, 0.3) is 0 Å². The lowest BCUT2D eigenvalue weighted by molar-refractivity contribution is -0.0162. The molecule has 0 atom stereocenters. The number of ether oxygens (including phenoxy) is 1. The molecule has 0 aromatic heterocycles. The second-order valence-electron chi connectivity index (χ2n) is 4.58. The molecule has 0 radical (unpaired) electrons. The zero-order chi connectivity index (χ0) is 10.6. The Morgan fingerprint density at radius 3 is 2.93 bits per heavy atom. The first kappa shape index (κ1) is 12.1. The summed E-state index contributed by atoms with van der Waals surface area (Å²) in [5, 5.41) is 0. The second-order valence-corrected chi connectivity index (χ2v) is 4.90. The summed E-state index contributed by atoms with van der Waals surface area (Å²) in [6, 6.07) is 0. The Labute approximate surface area is 92.7 Å². The molecule has 1 aliphatic rings. The van der Waals surface area contributed by atoms with Crippen molar-refractivity contribution in [3.8, 4) is 0 Å². The Bertz CT molecular complexity index is 203. The highest BCUT2D eigenvalue weighted by atomic mass is 32.1. The molecule has 0 aromatic carbocycles. The van der Waals surface area contributed by atoms with Crippen LogP contribution in [-0.2, 0) is 4.74 Å². The lowest BCUT2D eigenvalue weighted by Gasteiger charge is -2.29. The lowest BCUT2D eigenvalue weighted by Crippen LogP contribution is -2.39. The van der Waals surface area contributed by atoms with E-state index in [1.54, 1.807) is 0 Å². The average Bonchev–Trinajstić information content (AvgIpc) is 2.26. The Hall–Kier alpha value is 0.01000. The standard InChI is InChI=1S/C11H21NOS/c1-10(8-14)7-12-5-4-6-13-11(2,3)9-12/h14H,1,4-9H2,2-3H3. The van der Waals surface area contributed by atoms with Crippen molar-refractivity contribution in [3.05, 3.63) is 12.2 Å². The average molecular weight is 215 g/mol. The molecule has 1 fully saturated rings. The minimum absolute atomic E-state index is 0.0205. The number of nitrogens with zero attached hydrogens (tertiary/aromatic N) is 1. The van der Waals surface area contributed by atoms with Crippen molar-refractivity contribution in [2.45, 2.75) is 25.9 Å². The van der Waals surface area contributed by atoms with Crippen LogP contribution < -0.4 is 0 Å². The van der Waals surface area contributed by atoms with Gasteiger partial charge in [0.1, 0.15) is 0 Å². The van der Waals surface area contributed by atoms with Crippen molar-refractivity contribution in [2.24, 2.45) is 0 Å². The molecule has 1 saturated heterocycles. The maximum Gasteiger partial charge on any atom is 0.0752 e. The van der Waals surface area contributed by atoms with Gasteiger partial charge in [-0.25, -0.2) is 0 Å². The van der Waals surface area contributed by atoms with Gasteiger partial charge < -0.3 is 4.74 Å². The zero-order valence-electron chi connectivity index (χ0n) is 9.25. The molecular weight excluding hydrogens is 194 g/mol. The molecule has 0 amide bonds. The van der Waals surface area contributed by atoms with E-state index in [0.29, 0.717) is 0 Å². The summed E-state index contributed by atoms with van der Waals surface area (Å²) in [6.45, 7) is 12.2. The summed E-state index contributed by atoms with van der Waals surface area (Å²) in [6.07, 6.45) is 1.11. The number of thiol groups is 1. The van der Waals surface area contributed by atoms with E-state index in [1.807, 2.05) is 0 Å². The Morgan fingerprint density at radius 1 is 1.57 bits per heavy atom. The van der Waals surface area contributed by atoms with Gasteiger partial charge in [-0.15, -0.1) is 0 Å². The lowest BCUT2D eigenvalue weighted by atomic mass is 10.1. The Balaban J connectivity index is 2.47. The fraction of sp³-hybridized carbons (Fsp3) is 0.818. The SMILES string of the molecule is C=C(CS)CN1CCCOC(C)(C)C1. The molecule has 0 bridgehead atoms. The molecule has 0 aliphatic carbocycles. The molecule has 1 rings (SSSR count). The van der Waals surface area contributed by atoms with Crippen LogP contribution in [0.1, 0.15) is 20.3 Å². The quantitative estimate of drug-likeness (QED) is 0.571. The third kappa shape index (κ3) is 4.03. The van der Waals surface area contributed by atoms with Crippen molar-refractivity contribution >= 4 is 12.6 Å². The molecule has 1 heterocycles. The zero-order valence-corrected chi connectivity index (χ0v) is 10.1. The third-order valence-electron chi connectivity index (χ3n) is 2.39. The molecule has 0 aromatic rings. The van der Waals surface area contributed by atoms with E-state index < -0.39 is 0 Å². The topological polar surface area (TPSA) is 12.5 Å². The van der Waals surface area contributed by atoms with Gasteiger partial charge in [-0.05, 0) is 20.3 Å². The van der Waals surface area contributed by atoms with E-state index in [0.717, 1.165) is 38.4 Å². The van der Waals surface area contributed by atoms with Gasteiger partial charge in [-0.2, -0.15) is 12.6 Å². The van der Waals surface area contributed by atoms with E-state index in [1.165, 1.54) is 5.57 Å². The van der Waals surface area contributed by atoms with Crippen molar-refractivity contribution < 1.29 is 4.74 Å². The number of hydrogen-bond donors (Lipinski definition) is 1. The predicted octanol–water partition coefficient (Wildman–Crippen LogP) is 1.97. The van der Waals surface area contributed by atoms with Gasteiger partial charge in [0.25, 0.3) is 0 Å². The Kier molecular flexibility index (Phi) is 4.48. The van der Waals surface area contributed by atoms with Crippen LogP contribution in [0, 0.1) is 0 Å². The first-order valence-corrected chi connectivity index (χ1v) is 5.80. The Morgan fingerprint density at radius 2 is 2.29 bits per heavy atom. The van der Waals surface area contributed by atoms with Crippen LogP contribution >= 0.6 is 12.6 Å². The third-order valence-corrected chi connectivity index (χ3v) is 2.83. The highest BCUT2D eigenvalue weighted by Crippen LogP contribution is 2.17. The minimum atomic E-state index is -0.0205. The number of rotatable bonds is 3. The summed E-state index contributed by atoms with van der Waals surface area (Å²) in [4.78, 5) is 2.41. The van der Waals surface area contributed by atoms with Crippen LogP contribution in [0.5, 0.6) is 0 Å². The fourth-order valence-electron chi connectivity index (χ4n) is 1.80. The minimum Gasteiger partial charge on any atom is -0.374 e. The maximum atomic E-state index is 5.75. The van der Waals surface area contributed by atoms with Gasteiger partial charge in [0.15, 0.2) is 0 Å². The highest BCUT2D eigenvalue weighted by molar-refractivity contribution is 7.80. The summed E-state index contributed by atoms with van der Waals surface area (Å²) < 4.78 is 5.75. The number of hydrogen-bond acceptors (Lipinski definition) is 3. The molecular formula is C11H21NOS. The van der Waals surface area contributed by atoms with E-state index in [-0.39, 0.29) is 5.60 Å². The van der Waals surface area contributed by atoms with Crippen LogP contribution in [-0.4, -0.2) is 42.5 Å². The summed E-state index contributed by atoms with van der Waals surface area (Å²) in [5.41, 5.74) is 1.17. The molecule has 3 heteroatoms. The van der Waals surface area contributed by atoms with Gasteiger partial charge >= 0.3 is 0 Å². The largest absolute Gasteiger partial charge is 0.374 e. The van der Waals surface area contributed by atoms with Crippen LogP contribution in [0.3, 0.4) is 0 Å². The molecule has 0 saturated carbocycles. The summed E-state index contributed by atoms with van der Waals surface area (Å²) >= 11 is 4.23. The summed E-state index contributed by atoms with van der Waals surface area (Å²) in [7, 11) is 0. The van der Waals surface area contributed by atoms with Crippen molar-refractivity contribution in [1.82, 2.24) is 4.90 Å². The maximum absolute atomic E-state index is 5.75. The first-order chi connectivity index (χ1) is 6.53. The fourth-order valence-corrected chi connectivity index (χ4v) is 1.90.